The largest absolute Gasteiger partial charge is 0.493 e. The fraction of sp³-hybridized carbons (Fsp3) is 0.588. The summed E-state index contributed by atoms with van der Waals surface area (Å²) in [5, 5.41) is 11.5. The minimum absolute atomic E-state index is 0.0580. The summed E-state index contributed by atoms with van der Waals surface area (Å²) < 4.78 is 33.1. The van der Waals surface area contributed by atoms with Crippen LogP contribution in [-0.2, 0) is 9.84 Å². The molecule has 1 aliphatic heterocycles. The fourth-order valence-electron chi connectivity index (χ4n) is 2.94. The molecule has 0 N–H and O–H groups in total. The van der Waals surface area contributed by atoms with Gasteiger partial charge in [-0.15, -0.1) is 0 Å². The van der Waals surface area contributed by atoms with Crippen molar-refractivity contribution in [3.8, 4) is 11.5 Å². The van der Waals surface area contributed by atoms with Crippen LogP contribution in [0, 0.1) is 10.1 Å². The van der Waals surface area contributed by atoms with E-state index in [9.17, 15) is 23.3 Å². The first-order chi connectivity index (χ1) is 13.2. The summed E-state index contributed by atoms with van der Waals surface area (Å²) in [4.78, 5) is 27.2. The molecule has 1 aromatic carbocycles. The van der Waals surface area contributed by atoms with E-state index in [2.05, 4.69) is 0 Å². The highest BCUT2D eigenvalue weighted by atomic mass is 32.2. The maximum atomic E-state index is 12.9. The number of hydrogen-bond acceptors (Lipinski definition) is 8. The predicted octanol–water partition coefficient (Wildman–Crippen LogP) is 0.805. The maximum Gasteiger partial charge on any atom is 0.286 e. The first kappa shape index (κ1) is 21.9. The Labute approximate surface area is 164 Å². The van der Waals surface area contributed by atoms with Crippen molar-refractivity contribution < 1.29 is 27.6 Å². The maximum absolute atomic E-state index is 12.9. The Morgan fingerprint density at radius 1 is 1.21 bits per heavy atom. The summed E-state index contributed by atoms with van der Waals surface area (Å²) in [6, 6.07) is 2.54. The first-order valence-corrected chi connectivity index (χ1v) is 10.9. The number of nitrogens with zero attached hydrogens (tertiary/aromatic N) is 3. The molecular weight excluding hydrogens is 390 g/mol. The number of methoxy groups -OCH3 is 1. The van der Waals surface area contributed by atoms with Crippen molar-refractivity contribution in [3.05, 3.63) is 27.8 Å². The summed E-state index contributed by atoms with van der Waals surface area (Å²) >= 11 is 0. The fourth-order valence-corrected chi connectivity index (χ4v) is 3.53. The number of nitro groups is 1. The van der Waals surface area contributed by atoms with Gasteiger partial charge in [-0.05, 0) is 6.92 Å². The lowest BCUT2D eigenvalue weighted by Crippen LogP contribution is -2.49. The number of rotatable bonds is 8. The lowest BCUT2D eigenvalue weighted by molar-refractivity contribution is -0.385. The zero-order valence-corrected chi connectivity index (χ0v) is 17.0. The summed E-state index contributed by atoms with van der Waals surface area (Å²) in [6.45, 7) is 4.17. The smallest absolute Gasteiger partial charge is 0.286 e. The van der Waals surface area contributed by atoms with Crippen molar-refractivity contribution in [2.45, 2.75) is 6.92 Å². The van der Waals surface area contributed by atoms with Gasteiger partial charge in [-0.1, -0.05) is 0 Å². The van der Waals surface area contributed by atoms with Crippen LogP contribution in [0.2, 0.25) is 0 Å². The summed E-state index contributed by atoms with van der Waals surface area (Å²) in [7, 11) is -1.65. The van der Waals surface area contributed by atoms with Crippen molar-refractivity contribution in [1.29, 1.82) is 0 Å². The Hall–Kier alpha value is -2.40. The molecule has 0 aliphatic carbocycles. The van der Waals surface area contributed by atoms with Gasteiger partial charge in [-0.2, -0.15) is 0 Å². The Bertz CT molecular complexity index is 833. The van der Waals surface area contributed by atoms with Crippen LogP contribution >= 0.6 is 0 Å². The van der Waals surface area contributed by atoms with E-state index < -0.39 is 20.7 Å². The highest BCUT2D eigenvalue weighted by Gasteiger charge is 2.30. The number of piperazine rings is 1. The molecule has 1 amide bonds. The number of amides is 1. The minimum Gasteiger partial charge on any atom is -0.493 e. The molecule has 1 heterocycles. The Balaban J connectivity index is 2.16. The predicted molar refractivity (Wildman–Crippen MR) is 103 cm³/mol. The Kier molecular flexibility index (Phi) is 7.19. The van der Waals surface area contributed by atoms with Gasteiger partial charge < -0.3 is 14.4 Å². The second-order valence-electron chi connectivity index (χ2n) is 6.47. The van der Waals surface area contributed by atoms with Crippen molar-refractivity contribution in [1.82, 2.24) is 9.80 Å². The van der Waals surface area contributed by atoms with Gasteiger partial charge in [-0.3, -0.25) is 19.8 Å². The molecule has 0 saturated carbocycles. The van der Waals surface area contributed by atoms with E-state index in [-0.39, 0.29) is 28.5 Å². The van der Waals surface area contributed by atoms with Gasteiger partial charge in [0.2, 0.25) is 0 Å². The molecule has 1 fully saturated rings. The molecule has 0 bridgehead atoms. The van der Waals surface area contributed by atoms with Gasteiger partial charge in [0.1, 0.15) is 15.4 Å². The highest BCUT2D eigenvalue weighted by molar-refractivity contribution is 7.90. The zero-order valence-electron chi connectivity index (χ0n) is 16.2. The van der Waals surface area contributed by atoms with Gasteiger partial charge in [0.25, 0.3) is 11.6 Å². The third kappa shape index (κ3) is 5.55. The summed E-state index contributed by atoms with van der Waals surface area (Å²) in [6.07, 6.45) is 1.19. The van der Waals surface area contributed by atoms with E-state index in [1.54, 1.807) is 6.92 Å². The standard InChI is InChI=1S/C17H25N3O7S/c1-4-27-16-12-14(20(22)23)13(11-15(16)26-2)17(21)19-7-5-18(6-8-19)9-10-28(3,24)25/h11-12H,4-10H2,1-3H3. The molecule has 28 heavy (non-hydrogen) atoms. The average molecular weight is 415 g/mol. The Morgan fingerprint density at radius 3 is 2.36 bits per heavy atom. The van der Waals surface area contributed by atoms with Crippen LogP contribution in [0.3, 0.4) is 0 Å². The third-order valence-corrected chi connectivity index (χ3v) is 5.37. The molecule has 1 saturated heterocycles. The van der Waals surface area contributed by atoms with Gasteiger partial charge >= 0.3 is 0 Å². The molecule has 1 aromatic rings. The van der Waals surface area contributed by atoms with E-state index in [1.165, 1.54) is 30.4 Å². The lowest BCUT2D eigenvalue weighted by Gasteiger charge is -2.34. The van der Waals surface area contributed by atoms with Crippen LogP contribution in [0.1, 0.15) is 17.3 Å². The van der Waals surface area contributed by atoms with Crippen LogP contribution in [0.15, 0.2) is 12.1 Å². The van der Waals surface area contributed by atoms with E-state index in [0.717, 1.165) is 0 Å². The molecule has 10 nitrogen and oxygen atoms in total. The van der Waals surface area contributed by atoms with E-state index in [0.29, 0.717) is 39.3 Å². The number of benzene rings is 1. The molecule has 2 rings (SSSR count). The van der Waals surface area contributed by atoms with Gasteiger partial charge in [0, 0.05) is 45.0 Å². The molecule has 0 radical (unpaired) electrons. The van der Waals surface area contributed by atoms with Gasteiger partial charge in [0.15, 0.2) is 11.5 Å². The van der Waals surface area contributed by atoms with Gasteiger partial charge in [-0.25, -0.2) is 8.42 Å². The van der Waals surface area contributed by atoms with E-state index in [1.807, 2.05) is 4.90 Å². The van der Waals surface area contributed by atoms with Crippen LogP contribution in [0.4, 0.5) is 5.69 Å². The molecule has 0 spiro atoms. The second-order valence-corrected chi connectivity index (χ2v) is 8.73. The molecule has 0 atom stereocenters. The average Bonchev–Trinajstić information content (AvgIpc) is 2.65. The summed E-state index contributed by atoms with van der Waals surface area (Å²) in [5.74, 6) is 0.0555. The number of carbonyl (C=O) groups is 1. The second kappa shape index (κ2) is 9.20. The molecular formula is C17H25N3O7S. The SMILES string of the molecule is CCOc1cc([N+](=O)[O-])c(C(=O)N2CCN(CCS(C)(=O)=O)CC2)cc1OC. The monoisotopic (exact) mass is 415 g/mol. The molecule has 156 valence electrons. The van der Waals surface area contributed by atoms with Crippen molar-refractivity contribution in [3.63, 3.8) is 0 Å². The zero-order chi connectivity index (χ0) is 20.9. The molecule has 1 aliphatic rings. The van der Waals surface area contributed by atoms with Crippen molar-refractivity contribution >= 4 is 21.4 Å². The quantitative estimate of drug-likeness (QED) is 0.452. The molecule has 0 aromatic heterocycles. The summed E-state index contributed by atoms with van der Waals surface area (Å²) in [5.41, 5.74) is -0.399. The van der Waals surface area contributed by atoms with Crippen molar-refractivity contribution in [2.24, 2.45) is 0 Å². The number of sulfone groups is 1. The minimum atomic E-state index is -3.05. The topological polar surface area (TPSA) is 119 Å². The number of nitro benzene ring substituents is 1. The van der Waals surface area contributed by atoms with E-state index >= 15 is 0 Å². The molecule has 0 unspecified atom stereocenters. The number of hydrogen-bond donors (Lipinski definition) is 0. The van der Waals surface area contributed by atoms with Crippen LogP contribution in [0.25, 0.3) is 0 Å². The van der Waals surface area contributed by atoms with Crippen LogP contribution in [0.5, 0.6) is 11.5 Å². The van der Waals surface area contributed by atoms with Gasteiger partial charge in [0.05, 0.1) is 30.5 Å². The van der Waals surface area contributed by atoms with Crippen LogP contribution < -0.4 is 9.47 Å². The van der Waals surface area contributed by atoms with Crippen LogP contribution in [-0.4, -0.2) is 87.5 Å². The highest BCUT2D eigenvalue weighted by Crippen LogP contribution is 2.35. The molecule has 11 heteroatoms. The lowest BCUT2D eigenvalue weighted by atomic mass is 10.1. The first-order valence-electron chi connectivity index (χ1n) is 8.84. The van der Waals surface area contributed by atoms with Crippen molar-refractivity contribution in [2.75, 3.05) is 58.4 Å². The van der Waals surface area contributed by atoms with E-state index in [4.69, 9.17) is 9.47 Å². The Morgan fingerprint density at radius 2 is 1.86 bits per heavy atom. The number of carbonyl (C=O) groups excluding carboxylic acids is 1. The normalized spacial score (nSPS) is 15.3. The third-order valence-electron chi connectivity index (χ3n) is 4.45. The number of ether oxygens (including phenoxy) is 2.